The molecule has 27 heavy (non-hydrogen) atoms. The zero-order chi connectivity index (χ0) is 18.6. The fourth-order valence-electron chi connectivity index (χ4n) is 3.05. The quantitative estimate of drug-likeness (QED) is 0.460. The SMILES string of the molecule is CCNc1ncc(Cc2[nH]nc(-c3ccc(Cl)cc3)c2-c2ccncc2)[nH]1. The molecule has 4 aromatic rings. The summed E-state index contributed by atoms with van der Waals surface area (Å²) < 4.78 is 0. The standard InChI is InChI=1S/C20H19ClN6/c1-2-23-20-24-12-16(25-20)11-17-18(13-7-9-22-10-8-13)19(27-26-17)14-3-5-15(21)6-4-14/h3-10,12H,2,11H2,1H3,(H,26,27)(H2,23,24,25). The molecule has 0 amide bonds. The molecule has 0 bridgehead atoms. The summed E-state index contributed by atoms with van der Waals surface area (Å²) in [6.07, 6.45) is 6.09. The molecule has 0 aliphatic heterocycles. The molecule has 136 valence electrons. The number of halogens is 1. The summed E-state index contributed by atoms with van der Waals surface area (Å²) in [5, 5.41) is 11.7. The molecule has 3 N–H and O–H groups in total. The molecule has 4 rings (SSSR count). The van der Waals surface area contributed by atoms with Crippen LogP contribution in [-0.2, 0) is 6.42 Å². The van der Waals surface area contributed by atoms with Crippen molar-refractivity contribution in [3.05, 3.63) is 71.4 Å². The number of aromatic amines is 2. The van der Waals surface area contributed by atoms with Gasteiger partial charge in [0.1, 0.15) is 5.69 Å². The minimum Gasteiger partial charge on any atom is -0.356 e. The van der Waals surface area contributed by atoms with Crippen LogP contribution >= 0.6 is 11.6 Å². The van der Waals surface area contributed by atoms with Crippen LogP contribution in [0, 0.1) is 0 Å². The molecule has 0 radical (unpaired) electrons. The number of aromatic nitrogens is 5. The van der Waals surface area contributed by atoms with Crippen molar-refractivity contribution in [2.45, 2.75) is 13.3 Å². The van der Waals surface area contributed by atoms with E-state index in [-0.39, 0.29) is 0 Å². The van der Waals surface area contributed by atoms with Gasteiger partial charge in [-0.2, -0.15) is 5.10 Å². The van der Waals surface area contributed by atoms with Crippen molar-refractivity contribution < 1.29 is 0 Å². The minimum absolute atomic E-state index is 0.663. The van der Waals surface area contributed by atoms with Crippen LogP contribution in [0.15, 0.2) is 55.0 Å². The number of nitrogens with one attached hydrogen (secondary N) is 3. The predicted octanol–water partition coefficient (Wildman–Crippen LogP) is 4.54. The highest BCUT2D eigenvalue weighted by Crippen LogP contribution is 2.34. The van der Waals surface area contributed by atoms with E-state index in [1.54, 1.807) is 12.4 Å². The normalized spacial score (nSPS) is 10.9. The lowest BCUT2D eigenvalue weighted by Crippen LogP contribution is -1.98. The van der Waals surface area contributed by atoms with Crippen LogP contribution in [-0.4, -0.2) is 31.7 Å². The van der Waals surface area contributed by atoms with Gasteiger partial charge in [-0.1, -0.05) is 23.7 Å². The van der Waals surface area contributed by atoms with Gasteiger partial charge in [0, 0.05) is 52.9 Å². The number of imidazole rings is 1. The van der Waals surface area contributed by atoms with Crippen LogP contribution in [0.5, 0.6) is 0 Å². The Bertz CT molecular complexity index is 1020. The lowest BCUT2D eigenvalue weighted by Gasteiger charge is -2.06. The summed E-state index contributed by atoms with van der Waals surface area (Å²) in [7, 11) is 0. The number of hydrogen-bond acceptors (Lipinski definition) is 4. The van der Waals surface area contributed by atoms with E-state index in [4.69, 9.17) is 11.6 Å². The molecule has 0 spiro atoms. The van der Waals surface area contributed by atoms with E-state index in [0.717, 1.165) is 46.3 Å². The number of nitrogens with zero attached hydrogens (tertiary/aromatic N) is 3. The van der Waals surface area contributed by atoms with Crippen molar-refractivity contribution in [3.63, 3.8) is 0 Å². The second kappa shape index (κ2) is 7.63. The number of pyridine rings is 1. The molecule has 3 aromatic heterocycles. The summed E-state index contributed by atoms with van der Waals surface area (Å²) >= 11 is 6.04. The van der Waals surface area contributed by atoms with Crippen LogP contribution in [0.3, 0.4) is 0 Å². The van der Waals surface area contributed by atoms with Gasteiger partial charge in [0.05, 0.1) is 6.20 Å². The van der Waals surface area contributed by atoms with E-state index in [1.807, 2.05) is 49.5 Å². The van der Waals surface area contributed by atoms with Gasteiger partial charge in [-0.05, 0) is 36.8 Å². The highest BCUT2D eigenvalue weighted by molar-refractivity contribution is 6.30. The molecule has 0 saturated carbocycles. The minimum atomic E-state index is 0.663. The Morgan fingerprint density at radius 3 is 2.56 bits per heavy atom. The van der Waals surface area contributed by atoms with Crippen molar-refractivity contribution >= 4 is 17.5 Å². The van der Waals surface area contributed by atoms with Gasteiger partial charge in [0.2, 0.25) is 0 Å². The first kappa shape index (κ1) is 17.3. The monoisotopic (exact) mass is 378 g/mol. The average molecular weight is 379 g/mol. The Kier molecular flexibility index (Phi) is 4.89. The zero-order valence-corrected chi connectivity index (χ0v) is 15.6. The largest absolute Gasteiger partial charge is 0.356 e. The third-order valence-electron chi connectivity index (χ3n) is 4.27. The summed E-state index contributed by atoms with van der Waals surface area (Å²) in [6.45, 7) is 2.86. The number of anilines is 1. The second-order valence-electron chi connectivity index (χ2n) is 6.13. The van der Waals surface area contributed by atoms with E-state index in [1.165, 1.54) is 0 Å². The summed E-state index contributed by atoms with van der Waals surface area (Å²) in [6, 6.07) is 11.7. The Labute approximate surface area is 162 Å². The summed E-state index contributed by atoms with van der Waals surface area (Å²) in [5.41, 5.74) is 6.03. The van der Waals surface area contributed by atoms with Crippen molar-refractivity contribution in [1.29, 1.82) is 0 Å². The molecule has 3 heterocycles. The first-order valence-electron chi connectivity index (χ1n) is 8.76. The first-order chi connectivity index (χ1) is 13.2. The van der Waals surface area contributed by atoms with Crippen LogP contribution in [0.2, 0.25) is 5.02 Å². The molecule has 0 aliphatic rings. The fourth-order valence-corrected chi connectivity index (χ4v) is 3.17. The van der Waals surface area contributed by atoms with Gasteiger partial charge in [0.15, 0.2) is 5.95 Å². The third kappa shape index (κ3) is 3.71. The van der Waals surface area contributed by atoms with Gasteiger partial charge in [-0.3, -0.25) is 10.1 Å². The maximum atomic E-state index is 6.04. The molecule has 7 heteroatoms. The van der Waals surface area contributed by atoms with E-state index < -0.39 is 0 Å². The van der Waals surface area contributed by atoms with Crippen LogP contribution in [0.1, 0.15) is 18.3 Å². The number of H-pyrrole nitrogens is 2. The fraction of sp³-hybridized carbons (Fsp3) is 0.150. The van der Waals surface area contributed by atoms with Gasteiger partial charge in [-0.25, -0.2) is 4.98 Å². The molecule has 0 aliphatic carbocycles. The van der Waals surface area contributed by atoms with E-state index in [9.17, 15) is 0 Å². The van der Waals surface area contributed by atoms with Crippen molar-refractivity contribution in [3.8, 4) is 22.4 Å². The maximum absolute atomic E-state index is 6.04. The van der Waals surface area contributed by atoms with Crippen LogP contribution in [0.25, 0.3) is 22.4 Å². The predicted molar refractivity (Wildman–Crippen MR) is 108 cm³/mol. The van der Waals surface area contributed by atoms with E-state index >= 15 is 0 Å². The molecular formula is C20H19ClN6. The molecular weight excluding hydrogens is 360 g/mol. The summed E-state index contributed by atoms with van der Waals surface area (Å²) in [4.78, 5) is 11.8. The summed E-state index contributed by atoms with van der Waals surface area (Å²) in [5.74, 6) is 0.774. The Hall–Kier alpha value is -3.12. The van der Waals surface area contributed by atoms with Crippen molar-refractivity contribution in [2.24, 2.45) is 0 Å². The Morgan fingerprint density at radius 2 is 1.81 bits per heavy atom. The topological polar surface area (TPSA) is 82.3 Å². The smallest absolute Gasteiger partial charge is 0.200 e. The van der Waals surface area contributed by atoms with Crippen molar-refractivity contribution in [1.82, 2.24) is 25.1 Å². The zero-order valence-electron chi connectivity index (χ0n) is 14.8. The van der Waals surface area contributed by atoms with Crippen LogP contribution in [0.4, 0.5) is 5.95 Å². The van der Waals surface area contributed by atoms with E-state index in [2.05, 4.69) is 30.5 Å². The number of rotatable bonds is 6. The molecule has 6 nitrogen and oxygen atoms in total. The van der Waals surface area contributed by atoms with Gasteiger partial charge >= 0.3 is 0 Å². The first-order valence-corrected chi connectivity index (χ1v) is 9.13. The molecule has 0 atom stereocenters. The molecule has 0 unspecified atom stereocenters. The average Bonchev–Trinajstić information content (AvgIpc) is 3.31. The number of benzene rings is 1. The molecule has 1 aromatic carbocycles. The highest BCUT2D eigenvalue weighted by atomic mass is 35.5. The highest BCUT2D eigenvalue weighted by Gasteiger charge is 2.17. The lowest BCUT2D eigenvalue weighted by molar-refractivity contribution is 0.978. The van der Waals surface area contributed by atoms with Crippen LogP contribution < -0.4 is 5.32 Å². The van der Waals surface area contributed by atoms with Gasteiger partial charge in [0.25, 0.3) is 0 Å². The number of hydrogen-bond donors (Lipinski definition) is 3. The van der Waals surface area contributed by atoms with Crippen molar-refractivity contribution in [2.75, 3.05) is 11.9 Å². The Morgan fingerprint density at radius 1 is 1.04 bits per heavy atom. The van der Waals surface area contributed by atoms with Gasteiger partial charge < -0.3 is 10.3 Å². The lowest BCUT2D eigenvalue weighted by atomic mass is 9.98. The van der Waals surface area contributed by atoms with Gasteiger partial charge in [-0.15, -0.1) is 0 Å². The molecule has 0 saturated heterocycles. The third-order valence-corrected chi connectivity index (χ3v) is 4.52. The second-order valence-corrected chi connectivity index (χ2v) is 6.57. The molecule has 0 fully saturated rings. The van der Waals surface area contributed by atoms with E-state index in [0.29, 0.717) is 11.4 Å². The Balaban J connectivity index is 1.76. The maximum Gasteiger partial charge on any atom is 0.200 e.